The van der Waals surface area contributed by atoms with E-state index in [0.717, 1.165) is 17.0 Å². The molecule has 0 fully saturated rings. The molecule has 0 aliphatic heterocycles. The van der Waals surface area contributed by atoms with Crippen molar-refractivity contribution < 1.29 is 0 Å². The van der Waals surface area contributed by atoms with Crippen molar-refractivity contribution in [3.8, 4) is 0 Å². The van der Waals surface area contributed by atoms with Gasteiger partial charge in [-0.15, -0.1) is 0 Å². The van der Waals surface area contributed by atoms with Gasteiger partial charge in [0, 0.05) is 6.20 Å². The lowest BCUT2D eigenvalue weighted by atomic mass is 10.1. The Bertz CT molecular complexity index is 290. The highest BCUT2D eigenvalue weighted by atomic mass is 14.8. The molecule has 0 spiro atoms. The molecule has 0 aliphatic carbocycles. The average Bonchev–Trinajstić information content (AvgIpc) is 2.04. The molecule has 0 atom stereocenters. The molecule has 0 saturated heterocycles. The molecule has 12 heavy (non-hydrogen) atoms. The number of rotatable bonds is 2. The van der Waals surface area contributed by atoms with E-state index >= 15 is 0 Å². The van der Waals surface area contributed by atoms with Crippen molar-refractivity contribution in [2.24, 2.45) is 0 Å². The van der Waals surface area contributed by atoms with Crippen molar-refractivity contribution >= 4 is 5.57 Å². The van der Waals surface area contributed by atoms with Crippen molar-refractivity contribution in [3.05, 3.63) is 30.4 Å². The van der Waals surface area contributed by atoms with Crippen molar-refractivity contribution in [2.45, 2.75) is 26.7 Å². The molecule has 1 aromatic rings. The fraction of sp³-hybridized carbons (Fsp3) is 0.400. The molecule has 2 nitrogen and oxygen atoms in total. The second-order valence-corrected chi connectivity index (χ2v) is 3.26. The summed E-state index contributed by atoms with van der Waals surface area (Å²) in [5, 5.41) is 0. The van der Waals surface area contributed by atoms with Gasteiger partial charge in [0.15, 0.2) is 0 Å². The fourth-order valence-corrected chi connectivity index (χ4v) is 0.865. The van der Waals surface area contributed by atoms with Crippen LogP contribution in [0.1, 0.15) is 38.1 Å². The molecule has 0 saturated carbocycles. The fourth-order valence-electron chi connectivity index (χ4n) is 0.865. The molecule has 0 amide bonds. The van der Waals surface area contributed by atoms with Crippen LogP contribution in [-0.2, 0) is 0 Å². The maximum Gasteiger partial charge on any atom is 0.0839 e. The Morgan fingerprint density at radius 1 is 1.42 bits per heavy atom. The summed E-state index contributed by atoms with van der Waals surface area (Å²) in [4.78, 5) is 8.51. The SMILES string of the molecule is C=C(C)c1cncc(C(C)C)n1. The number of allylic oxidation sites excluding steroid dienone is 1. The number of hydrogen-bond donors (Lipinski definition) is 0. The Kier molecular flexibility index (Phi) is 2.58. The van der Waals surface area contributed by atoms with Crippen LogP contribution in [0.2, 0.25) is 0 Å². The van der Waals surface area contributed by atoms with E-state index in [1.54, 1.807) is 12.4 Å². The number of hydrogen-bond acceptors (Lipinski definition) is 2. The molecule has 1 aromatic heterocycles. The Balaban J connectivity index is 3.04. The topological polar surface area (TPSA) is 25.8 Å². The third kappa shape index (κ3) is 1.91. The molecular formula is C10H14N2. The first-order chi connectivity index (χ1) is 5.61. The Hall–Kier alpha value is -1.18. The van der Waals surface area contributed by atoms with Crippen LogP contribution < -0.4 is 0 Å². The van der Waals surface area contributed by atoms with E-state index < -0.39 is 0 Å². The van der Waals surface area contributed by atoms with E-state index in [0.29, 0.717) is 5.92 Å². The van der Waals surface area contributed by atoms with Gasteiger partial charge in [-0.05, 0) is 18.4 Å². The standard InChI is InChI=1S/C10H14N2/c1-7(2)9-5-11-6-10(12-9)8(3)4/h5-6,8H,1H2,2-4H3. The van der Waals surface area contributed by atoms with Gasteiger partial charge in [0.1, 0.15) is 0 Å². The Morgan fingerprint density at radius 3 is 2.58 bits per heavy atom. The lowest BCUT2D eigenvalue weighted by Gasteiger charge is -2.05. The average molecular weight is 162 g/mol. The van der Waals surface area contributed by atoms with Crippen molar-refractivity contribution in [1.29, 1.82) is 0 Å². The summed E-state index contributed by atoms with van der Waals surface area (Å²) in [6.07, 6.45) is 3.55. The molecule has 64 valence electrons. The van der Waals surface area contributed by atoms with Gasteiger partial charge in [-0.3, -0.25) is 4.98 Å². The van der Waals surface area contributed by atoms with Gasteiger partial charge < -0.3 is 0 Å². The van der Waals surface area contributed by atoms with Gasteiger partial charge in [0.05, 0.1) is 17.6 Å². The van der Waals surface area contributed by atoms with Crippen LogP contribution in [0, 0.1) is 0 Å². The smallest absolute Gasteiger partial charge is 0.0839 e. The first kappa shape index (κ1) is 8.91. The van der Waals surface area contributed by atoms with Crippen molar-refractivity contribution in [3.63, 3.8) is 0 Å². The summed E-state index contributed by atoms with van der Waals surface area (Å²) in [5.74, 6) is 0.428. The van der Waals surface area contributed by atoms with E-state index in [-0.39, 0.29) is 0 Å². The van der Waals surface area contributed by atoms with Gasteiger partial charge >= 0.3 is 0 Å². The second kappa shape index (κ2) is 3.48. The highest BCUT2D eigenvalue weighted by Gasteiger charge is 2.02. The van der Waals surface area contributed by atoms with E-state index in [4.69, 9.17) is 0 Å². The van der Waals surface area contributed by atoms with Crippen LogP contribution in [0.25, 0.3) is 5.57 Å². The normalized spacial score (nSPS) is 10.3. The molecule has 0 radical (unpaired) electrons. The molecule has 2 heteroatoms. The van der Waals surface area contributed by atoms with Gasteiger partial charge in [0.25, 0.3) is 0 Å². The predicted molar refractivity (Wildman–Crippen MR) is 50.8 cm³/mol. The summed E-state index contributed by atoms with van der Waals surface area (Å²) in [5.41, 5.74) is 2.88. The molecule has 0 bridgehead atoms. The minimum atomic E-state index is 0.428. The molecule has 1 rings (SSSR count). The molecule has 1 heterocycles. The molecule has 0 aliphatic rings. The summed E-state index contributed by atoms with van der Waals surface area (Å²) >= 11 is 0. The first-order valence-corrected chi connectivity index (χ1v) is 4.09. The third-order valence-electron chi connectivity index (χ3n) is 1.68. The zero-order valence-corrected chi connectivity index (χ0v) is 7.83. The van der Waals surface area contributed by atoms with Crippen LogP contribution in [-0.4, -0.2) is 9.97 Å². The second-order valence-electron chi connectivity index (χ2n) is 3.26. The molecular weight excluding hydrogens is 148 g/mol. The zero-order chi connectivity index (χ0) is 9.14. The minimum Gasteiger partial charge on any atom is -0.261 e. The highest BCUT2D eigenvalue weighted by Crippen LogP contribution is 2.13. The van der Waals surface area contributed by atoms with Gasteiger partial charge in [-0.1, -0.05) is 20.4 Å². The maximum atomic E-state index is 4.41. The summed E-state index contributed by atoms with van der Waals surface area (Å²) < 4.78 is 0. The minimum absolute atomic E-state index is 0.428. The van der Waals surface area contributed by atoms with E-state index in [2.05, 4.69) is 30.4 Å². The summed E-state index contributed by atoms with van der Waals surface area (Å²) in [6.45, 7) is 9.97. The predicted octanol–water partition coefficient (Wildman–Crippen LogP) is 2.63. The largest absolute Gasteiger partial charge is 0.261 e. The Morgan fingerprint density at radius 2 is 2.08 bits per heavy atom. The van der Waals surface area contributed by atoms with Crippen LogP contribution >= 0.6 is 0 Å². The first-order valence-electron chi connectivity index (χ1n) is 4.09. The summed E-state index contributed by atoms with van der Waals surface area (Å²) in [7, 11) is 0. The molecule has 0 N–H and O–H groups in total. The van der Waals surface area contributed by atoms with E-state index in [1.165, 1.54) is 0 Å². The van der Waals surface area contributed by atoms with Crippen LogP contribution in [0.15, 0.2) is 19.0 Å². The monoisotopic (exact) mass is 162 g/mol. The quantitative estimate of drug-likeness (QED) is 0.668. The zero-order valence-electron chi connectivity index (χ0n) is 7.83. The van der Waals surface area contributed by atoms with Crippen LogP contribution in [0.3, 0.4) is 0 Å². The number of aromatic nitrogens is 2. The van der Waals surface area contributed by atoms with E-state index in [1.807, 2.05) is 6.92 Å². The lowest BCUT2D eigenvalue weighted by molar-refractivity contribution is 0.808. The highest BCUT2D eigenvalue weighted by molar-refractivity contribution is 5.56. The maximum absolute atomic E-state index is 4.41. The summed E-state index contributed by atoms with van der Waals surface area (Å²) in [6, 6.07) is 0. The van der Waals surface area contributed by atoms with E-state index in [9.17, 15) is 0 Å². The van der Waals surface area contributed by atoms with Crippen LogP contribution in [0.4, 0.5) is 0 Å². The molecule has 0 unspecified atom stereocenters. The van der Waals surface area contributed by atoms with Gasteiger partial charge in [-0.2, -0.15) is 0 Å². The van der Waals surface area contributed by atoms with Gasteiger partial charge in [-0.25, -0.2) is 4.98 Å². The third-order valence-corrected chi connectivity index (χ3v) is 1.68. The van der Waals surface area contributed by atoms with Gasteiger partial charge in [0.2, 0.25) is 0 Å². The molecule has 0 aromatic carbocycles. The lowest BCUT2D eigenvalue weighted by Crippen LogP contribution is -1.96. The van der Waals surface area contributed by atoms with Crippen molar-refractivity contribution in [1.82, 2.24) is 9.97 Å². The Labute approximate surface area is 73.4 Å². The number of nitrogens with zero attached hydrogens (tertiary/aromatic N) is 2. The van der Waals surface area contributed by atoms with Crippen LogP contribution in [0.5, 0.6) is 0 Å². The van der Waals surface area contributed by atoms with Crippen molar-refractivity contribution in [2.75, 3.05) is 0 Å².